The number of carbonyl (C=O) groups excluding carboxylic acids is 1. The van der Waals surface area contributed by atoms with Gasteiger partial charge in [0.25, 0.3) is 0 Å². The summed E-state index contributed by atoms with van der Waals surface area (Å²) in [6, 6.07) is 0. The molecule has 2 aliphatic carbocycles. The molecule has 2 aliphatic rings. The van der Waals surface area contributed by atoms with Gasteiger partial charge in [-0.3, -0.25) is 4.79 Å². The van der Waals surface area contributed by atoms with E-state index in [0.29, 0.717) is 18.4 Å². The van der Waals surface area contributed by atoms with Crippen LogP contribution in [0.3, 0.4) is 0 Å². The van der Waals surface area contributed by atoms with Crippen molar-refractivity contribution >= 4 is 5.91 Å². The summed E-state index contributed by atoms with van der Waals surface area (Å²) in [5, 5.41) is 3.01. The maximum atomic E-state index is 11.7. The number of amides is 1. The molecule has 0 aromatic rings. The summed E-state index contributed by atoms with van der Waals surface area (Å²) >= 11 is 0. The maximum absolute atomic E-state index is 11.7. The van der Waals surface area contributed by atoms with E-state index in [2.05, 4.69) is 5.32 Å². The first-order valence-electron chi connectivity index (χ1n) is 6.23. The highest BCUT2D eigenvalue weighted by Gasteiger charge is 2.41. The molecule has 0 heterocycles. The summed E-state index contributed by atoms with van der Waals surface area (Å²) in [7, 11) is 0. The van der Waals surface area contributed by atoms with Crippen molar-refractivity contribution in [2.75, 3.05) is 19.8 Å². The van der Waals surface area contributed by atoms with Crippen LogP contribution in [0.4, 0.5) is 0 Å². The Balaban J connectivity index is 1.67. The lowest BCUT2D eigenvalue weighted by Crippen LogP contribution is -2.54. The van der Waals surface area contributed by atoms with E-state index in [1.54, 1.807) is 0 Å². The van der Waals surface area contributed by atoms with Crippen molar-refractivity contribution in [3.63, 3.8) is 0 Å². The second-order valence-corrected chi connectivity index (χ2v) is 5.40. The van der Waals surface area contributed by atoms with Crippen LogP contribution in [0, 0.1) is 11.8 Å². The van der Waals surface area contributed by atoms with Gasteiger partial charge < -0.3 is 15.8 Å². The van der Waals surface area contributed by atoms with Crippen LogP contribution in [-0.4, -0.2) is 31.2 Å². The molecule has 1 atom stereocenters. The summed E-state index contributed by atoms with van der Waals surface area (Å²) in [5.74, 6) is 1.24. The molecule has 4 nitrogen and oxygen atoms in total. The molecular formula is C12H22N2O2. The maximum Gasteiger partial charge on any atom is 0.246 e. The monoisotopic (exact) mass is 226 g/mol. The number of nitrogens with two attached hydrogens (primary N) is 1. The van der Waals surface area contributed by atoms with Gasteiger partial charge in [-0.2, -0.15) is 0 Å². The third kappa shape index (κ3) is 3.19. The molecule has 2 rings (SSSR count). The third-order valence-electron chi connectivity index (χ3n) is 3.61. The summed E-state index contributed by atoms with van der Waals surface area (Å²) in [5.41, 5.74) is 5.51. The van der Waals surface area contributed by atoms with Crippen LogP contribution in [0.15, 0.2) is 0 Å². The first-order chi connectivity index (χ1) is 7.64. The number of rotatable bonds is 7. The Labute approximate surface area is 96.9 Å². The van der Waals surface area contributed by atoms with Crippen LogP contribution in [0.1, 0.15) is 32.6 Å². The average molecular weight is 226 g/mol. The fraction of sp³-hybridized carbons (Fsp3) is 0.917. The number of nitrogens with one attached hydrogen (secondary N) is 1. The van der Waals surface area contributed by atoms with Crippen molar-refractivity contribution in [2.24, 2.45) is 17.6 Å². The van der Waals surface area contributed by atoms with Crippen molar-refractivity contribution in [1.29, 1.82) is 0 Å². The SMILES string of the molecule is CC(CN)(NC(=O)COCC1CC1)C1CC1. The minimum absolute atomic E-state index is 0.0273. The van der Waals surface area contributed by atoms with Crippen LogP contribution < -0.4 is 11.1 Å². The minimum atomic E-state index is -0.222. The highest BCUT2D eigenvalue weighted by molar-refractivity contribution is 5.78. The minimum Gasteiger partial charge on any atom is -0.371 e. The summed E-state index contributed by atoms with van der Waals surface area (Å²) < 4.78 is 5.36. The first kappa shape index (κ1) is 11.9. The van der Waals surface area contributed by atoms with E-state index in [-0.39, 0.29) is 18.1 Å². The molecular weight excluding hydrogens is 204 g/mol. The van der Waals surface area contributed by atoms with Gasteiger partial charge in [-0.1, -0.05) is 0 Å². The zero-order valence-electron chi connectivity index (χ0n) is 10.00. The Morgan fingerprint density at radius 3 is 2.62 bits per heavy atom. The zero-order valence-corrected chi connectivity index (χ0v) is 10.00. The van der Waals surface area contributed by atoms with Gasteiger partial charge in [0, 0.05) is 6.54 Å². The topological polar surface area (TPSA) is 64.3 Å². The van der Waals surface area contributed by atoms with Crippen molar-refractivity contribution < 1.29 is 9.53 Å². The second kappa shape index (κ2) is 4.72. The average Bonchev–Trinajstić information content (AvgIpc) is 3.09. The highest BCUT2D eigenvalue weighted by atomic mass is 16.5. The molecule has 1 unspecified atom stereocenters. The fourth-order valence-electron chi connectivity index (χ4n) is 2.00. The van der Waals surface area contributed by atoms with Gasteiger partial charge in [0.2, 0.25) is 5.91 Å². The molecule has 0 saturated heterocycles. The normalized spacial score (nSPS) is 23.9. The molecule has 2 saturated carbocycles. The van der Waals surface area contributed by atoms with Gasteiger partial charge in [0.05, 0.1) is 12.1 Å². The van der Waals surface area contributed by atoms with E-state index in [1.165, 1.54) is 25.7 Å². The molecule has 0 aromatic heterocycles. The van der Waals surface area contributed by atoms with Crippen LogP contribution in [0.25, 0.3) is 0 Å². The van der Waals surface area contributed by atoms with Gasteiger partial charge in [-0.25, -0.2) is 0 Å². The van der Waals surface area contributed by atoms with Gasteiger partial charge in [0.1, 0.15) is 6.61 Å². The molecule has 16 heavy (non-hydrogen) atoms. The Morgan fingerprint density at radius 1 is 1.44 bits per heavy atom. The van der Waals surface area contributed by atoms with Crippen molar-refractivity contribution in [3.8, 4) is 0 Å². The molecule has 0 spiro atoms. The smallest absolute Gasteiger partial charge is 0.246 e. The quantitative estimate of drug-likeness (QED) is 0.670. The Bertz CT molecular complexity index is 262. The number of ether oxygens (including phenoxy) is 1. The van der Waals surface area contributed by atoms with E-state index in [4.69, 9.17) is 10.5 Å². The van der Waals surface area contributed by atoms with Crippen LogP contribution in [0.5, 0.6) is 0 Å². The lowest BCUT2D eigenvalue weighted by atomic mass is 9.96. The number of carbonyl (C=O) groups is 1. The van der Waals surface area contributed by atoms with E-state index in [9.17, 15) is 4.79 Å². The van der Waals surface area contributed by atoms with E-state index in [1.807, 2.05) is 6.92 Å². The fourth-order valence-corrected chi connectivity index (χ4v) is 2.00. The van der Waals surface area contributed by atoms with Gasteiger partial charge >= 0.3 is 0 Å². The lowest BCUT2D eigenvalue weighted by molar-refractivity contribution is -0.127. The molecule has 0 bridgehead atoms. The zero-order chi connectivity index (χ0) is 11.6. The molecule has 2 fully saturated rings. The van der Waals surface area contributed by atoms with Gasteiger partial charge in [-0.05, 0) is 44.4 Å². The van der Waals surface area contributed by atoms with Crippen molar-refractivity contribution in [2.45, 2.75) is 38.1 Å². The molecule has 92 valence electrons. The van der Waals surface area contributed by atoms with Gasteiger partial charge in [-0.15, -0.1) is 0 Å². The molecule has 0 aromatic carbocycles. The molecule has 0 aliphatic heterocycles. The third-order valence-corrected chi connectivity index (χ3v) is 3.61. The van der Waals surface area contributed by atoms with Crippen LogP contribution in [-0.2, 0) is 9.53 Å². The predicted molar refractivity (Wildman–Crippen MR) is 61.9 cm³/mol. The summed E-state index contributed by atoms with van der Waals surface area (Å²) in [6.07, 6.45) is 4.86. The predicted octanol–water partition coefficient (Wildman–Crippen LogP) is 0.657. The number of hydrogen-bond donors (Lipinski definition) is 2. The van der Waals surface area contributed by atoms with E-state index < -0.39 is 0 Å². The lowest BCUT2D eigenvalue weighted by Gasteiger charge is -2.29. The summed E-state index contributed by atoms with van der Waals surface area (Å²) in [6.45, 7) is 3.45. The first-order valence-corrected chi connectivity index (χ1v) is 6.23. The van der Waals surface area contributed by atoms with E-state index >= 15 is 0 Å². The molecule has 3 N–H and O–H groups in total. The summed E-state index contributed by atoms with van der Waals surface area (Å²) in [4.78, 5) is 11.7. The second-order valence-electron chi connectivity index (χ2n) is 5.40. The highest BCUT2D eigenvalue weighted by Crippen LogP contribution is 2.38. The van der Waals surface area contributed by atoms with E-state index in [0.717, 1.165) is 6.61 Å². The molecule has 4 heteroatoms. The Hall–Kier alpha value is -0.610. The Morgan fingerprint density at radius 2 is 2.12 bits per heavy atom. The van der Waals surface area contributed by atoms with Crippen molar-refractivity contribution in [3.05, 3.63) is 0 Å². The largest absolute Gasteiger partial charge is 0.371 e. The number of hydrogen-bond acceptors (Lipinski definition) is 3. The van der Waals surface area contributed by atoms with Crippen molar-refractivity contribution in [1.82, 2.24) is 5.32 Å². The Kier molecular flexibility index (Phi) is 3.50. The van der Waals surface area contributed by atoms with Crippen LogP contribution in [0.2, 0.25) is 0 Å². The standard InChI is InChI=1S/C12H22N2O2/c1-12(8-13,10-4-5-10)14-11(15)7-16-6-9-2-3-9/h9-10H,2-8,13H2,1H3,(H,14,15). The van der Waals surface area contributed by atoms with Crippen LogP contribution >= 0.6 is 0 Å². The molecule has 0 radical (unpaired) electrons. The van der Waals surface area contributed by atoms with Gasteiger partial charge in [0.15, 0.2) is 0 Å². The molecule has 1 amide bonds.